The molecule has 14 heteroatoms. The lowest BCUT2D eigenvalue weighted by Crippen LogP contribution is -2.37. The maximum Gasteiger partial charge on any atom is 0.421 e. The van der Waals surface area contributed by atoms with E-state index in [1.54, 1.807) is 0 Å². The van der Waals surface area contributed by atoms with Crippen molar-refractivity contribution >= 4 is 34.7 Å². The first kappa shape index (κ1) is 26.0. The molecule has 3 aromatic rings. The Labute approximate surface area is 209 Å². The second kappa shape index (κ2) is 10.1. The molecule has 1 fully saturated rings. The minimum atomic E-state index is -5.23. The number of thiazole rings is 1. The molecule has 0 atom stereocenters. The molecule has 1 aliphatic rings. The summed E-state index contributed by atoms with van der Waals surface area (Å²) >= 11 is 6.75. The summed E-state index contributed by atoms with van der Waals surface area (Å²) in [4.78, 5) is 16.4. The fraction of sp³-hybridized carbons (Fsp3) is 0.273. The molecule has 3 N–H and O–H groups in total. The number of carbonyl (C=O) groups excluding carboxylic acids is 1. The Hall–Kier alpha value is -3.03. The number of nitrogens with one attached hydrogen (secondary N) is 1. The summed E-state index contributed by atoms with van der Waals surface area (Å²) in [6.45, 7) is 1.24. The van der Waals surface area contributed by atoms with Crippen LogP contribution in [0.25, 0.3) is 10.6 Å². The quantitative estimate of drug-likeness (QED) is 0.344. The summed E-state index contributed by atoms with van der Waals surface area (Å²) in [7, 11) is 0. The Morgan fingerprint density at radius 2 is 1.92 bits per heavy atom. The average molecular weight is 551 g/mol. The molecule has 2 aromatic carbocycles. The first-order valence-electron chi connectivity index (χ1n) is 10.4. The second-order valence-corrected chi connectivity index (χ2v) is 9.11. The van der Waals surface area contributed by atoms with Crippen molar-refractivity contribution in [3.05, 3.63) is 62.7 Å². The molecule has 36 heavy (non-hydrogen) atoms. The van der Waals surface area contributed by atoms with Crippen LogP contribution < -0.4 is 15.8 Å². The third-order valence-corrected chi connectivity index (χ3v) is 6.70. The van der Waals surface area contributed by atoms with E-state index in [9.17, 15) is 26.7 Å². The maximum atomic E-state index is 15.2. The van der Waals surface area contributed by atoms with Crippen LogP contribution in [-0.4, -0.2) is 29.1 Å². The van der Waals surface area contributed by atoms with Crippen molar-refractivity contribution in [1.29, 1.82) is 0 Å². The van der Waals surface area contributed by atoms with Crippen LogP contribution in [0.2, 0.25) is 5.02 Å². The molecule has 0 spiro atoms. The van der Waals surface area contributed by atoms with E-state index < -0.39 is 64.0 Å². The fourth-order valence-electron chi connectivity index (χ4n) is 3.70. The van der Waals surface area contributed by atoms with E-state index in [4.69, 9.17) is 17.3 Å². The Morgan fingerprint density at radius 3 is 2.53 bits per heavy atom. The van der Waals surface area contributed by atoms with Crippen LogP contribution in [0, 0.1) is 17.5 Å². The van der Waals surface area contributed by atoms with E-state index in [1.165, 1.54) is 6.07 Å². The first-order valence-corrected chi connectivity index (χ1v) is 11.7. The lowest BCUT2D eigenvalue weighted by Gasteiger charge is -2.31. The van der Waals surface area contributed by atoms with Crippen molar-refractivity contribution in [1.82, 2.24) is 9.88 Å². The van der Waals surface area contributed by atoms with E-state index in [-0.39, 0.29) is 22.7 Å². The summed E-state index contributed by atoms with van der Waals surface area (Å²) in [5.74, 6) is -4.29. The highest BCUT2D eigenvalue weighted by Gasteiger charge is 2.40. The van der Waals surface area contributed by atoms with Crippen LogP contribution in [0.5, 0.6) is 5.88 Å². The van der Waals surface area contributed by atoms with Crippen LogP contribution in [0.3, 0.4) is 0 Å². The van der Waals surface area contributed by atoms with E-state index in [2.05, 4.69) is 15.0 Å². The number of likely N-dealkylation sites (tertiary alicyclic amines) is 1. The van der Waals surface area contributed by atoms with Gasteiger partial charge < -0.3 is 15.8 Å². The van der Waals surface area contributed by atoms with E-state index >= 15 is 4.39 Å². The molecule has 192 valence electrons. The van der Waals surface area contributed by atoms with Gasteiger partial charge in [-0.3, -0.25) is 4.90 Å². The SMILES string of the molecule is NC(=O)Oc1csc(-c2c(F)cc(NCc3c(Cl)ccc(F)c3CN3CCC3)c(C(F)(F)F)c2F)n1. The Kier molecular flexibility index (Phi) is 7.34. The van der Waals surface area contributed by atoms with Gasteiger partial charge in [-0.05, 0) is 43.3 Å². The van der Waals surface area contributed by atoms with Gasteiger partial charge in [-0.25, -0.2) is 22.9 Å². The van der Waals surface area contributed by atoms with Gasteiger partial charge >= 0.3 is 12.3 Å². The number of hydrogen-bond acceptors (Lipinski definition) is 6. The smallest absolute Gasteiger partial charge is 0.390 e. The van der Waals surface area contributed by atoms with Gasteiger partial charge in [0.2, 0.25) is 5.88 Å². The van der Waals surface area contributed by atoms with Crippen molar-refractivity contribution in [3.8, 4) is 16.5 Å². The van der Waals surface area contributed by atoms with Crippen LogP contribution in [0.1, 0.15) is 23.1 Å². The zero-order chi connectivity index (χ0) is 26.2. The minimum absolute atomic E-state index is 0.0929. The number of hydrogen-bond donors (Lipinski definition) is 2. The molecule has 1 amide bonds. The Balaban J connectivity index is 1.71. The van der Waals surface area contributed by atoms with E-state index in [0.717, 1.165) is 31.0 Å². The zero-order valence-electron chi connectivity index (χ0n) is 18.2. The summed E-state index contributed by atoms with van der Waals surface area (Å²) in [6, 6.07) is 2.89. The van der Waals surface area contributed by atoms with Crippen molar-refractivity contribution in [3.63, 3.8) is 0 Å². The van der Waals surface area contributed by atoms with Crippen molar-refractivity contribution < 1.29 is 35.9 Å². The number of nitrogens with zero attached hydrogens (tertiary/aromatic N) is 2. The molecule has 1 aromatic heterocycles. The zero-order valence-corrected chi connectivity index (χ0v) is 19.8. The predicted molar refractivity (Wildman–Crippen MR) is 121 cm³/mol. The van der Waals surface area contributed by atoms with E-state index in [0.29, 0.717) is 17.4 Å². The Bertz CT molecular complexity index is 1310. The molecule has 1 aliphatic heterocycles. The second-order valence-electron chi connectivity index (χ2n) is 7.85. The highest BCUT2D eigenvalue weighted by Crippen LogP contribution is 2.43. The third kappa shape index (κ3) is 5.37. The lowest BCUT2D eigenvalue weighted by atomic mass is 10.0. The molecule has 0 bridgehead atoms. The van der Waals surface area contributed by atoms with Gasteiger partial charge in [-0.15, -0.1) is 11.3 Å². The number of rotatable bonds is 7. The topological polar surface area (TPSA) is 80.5 Å². The van der Waals surface area contributed by atoms with Gasteiger partial charge in [0.25, 0.3) is 0 Å². The molecule has 0 radical (unpaired) electrons. The fourth-order valence-corrected chi connectivity index (χ4v) is 4.71. The van der Waals surface area contributed by atoms with Gasteiger partial charge in [0.05, 0.1) is 16.6 Å². The van der Waals surface area contributed by atoms with Crippen molar-refractivity contribution in [2.75, 3.05) is 18.4 Å². The summed E-state index contributed by atoms with van der Waals surface area (Å²) in [5, 5.41) is 3.03. The summed E-state index contributed by atoms with van der Waals surface area (Å²) in [5.41, 5.74) is 1.47. The highest BCUT2D eigenvalue weighted by atomic mass is 35.5. The normalized spacial score (nSPS) is 14.0. The van der Waals surface area contributed by atoms with Crippen LogP contribution in [-0.2, 0) is 19.3 Å². The number of alkyl halides is 3. The lowest BCUT2D eigenvalue weighted by molar-refractivity contribution is -0.139. The number of halogens is 7. The minimum Gasteiger partial charge on any atom is -0.390 e. The monoisotopic (exact) mass is 550 g/mol. The molecular weight excluding hydrogens is 534 g/mol. The van der Waals surface area contributed by atoms with E-state index in [1.807, 2.05) is 4.90 Å². The number of ether oxygens (including phenoxy) is 1. The van der Waals surface area contributed by atoms with Crippen LogP contribution in [0.15, 0.2) is 23.6 Å². The molecular formula is C22H17ClF6N4O2S. The third-order valence-electron chi connectivity index (χ3n) is 5.51. The molecule has 4 rings (SSSR count). The molecule has 2 heterocycles. The number of amides is 1. The van der Waals surface area contributed by atoms with Gasteiger partial charge in [0.1, 0.15) is 22.2 Å². The van der Waals surface area contributed by atoms with Crippen LogP contribution >= 0.6 is 22.9 Å². The molecule has 0 unspecified atom stereocenters. The number of primary amides is 1. The maximum absolute atomic E-state index is 15.2. The Morgan fingerprint density at radius 1 is 1.19 bits per heavy atom. The number of anilines is 1. The van der Waals surface area contributed by atoms with Gasteiger partial charge in [0, 0.05) is 23.7 Å². The average Bonchev–Trinajstić information content (AvgIpc) is 3.17. The van der Waals surface area contributed by atoms with Crippen molar-refractivity contribution in [2.24, 2.45) is 5.73 Å². The van der Waals surface area contributed by atoms with Gasteiger partial charge in [-0.2, -0.15) is 13.2 Å². The number of nitrogens with two attached hydrogens (primary N) is 1. The molecule has 1 saturated heterocycles. The van der Waals surface area contributed by atoms with Crippen LogP contribution in [0.4, 0.5) is 36.8 Å². The molecule has 0 saturated carbocycles. The van der Waals surface area contributed by atoms with Crippen molar-refractivity contribution in [2.45, 2.75) is 25.7 Å². The van der Waals surface area contributed by atoms with Gasteiger partial charge in [-0.1, -0.05) is 11.6 Å². The number of benzene rings is 2. The first-order chi connectivity index (χ1) is 17.0. The standard InChI is InChI=1S/C22H17ClF6N4O2S/c23-12-2-3-13(24)11(8-33-4-1-5-33)10(12)7-31-15-6-14(25)17(19(26)18(15)22(27,28)29)20-32-16(9-36-20)35-21(30)34/h2-3,6,9,31H,1,4-5,7-8H2,(H2,30,34). The predicted octanol–water partition coefficient (Wildman–Crippen LogP) is 6.17. The largest absolute Gasteiger partial charge is 0.421 e. The summed E-state index contributed by atoms with van der Waals surface area (Å²) < 4.78 is 90.8. The molecule has 0 aliphatic carbocycles. The van der Waals surface area contributed by atoms with Gasteiger partial charge in [0.15, 0.2) is 5.82 Å². The number of carbonyl (C=O) groups is 1. The molecule has 6 nitrogen and oxygen atoms in total. The number of aromatic nitrogens is 1. The highest BCUT2D eigenvalue weighted by molar-refractivity contribution is 7.13. The summed E-state index contributed by atoms with van der Waals surface area (Å²) in [6.07, 6.45) is -5.55.